The van der Waals surface area contributed by atoms with Crippen molar-refractivity contribution in [1.29, 1.82) is 0 Å². The van der Waals surface area contributed by atoms with Crippen molar-refractivity contribution < 1.29 is 14.2 Å². The molecule has 0 spiro atoms. The fourth-order valence-corrected chi connectivity index (χ4v) is 2.72. The first kappa shape index (κ1) is 21.3. The SMILES string of the molecule is Cc1ccc(OCC(C)C)c(-c2ccc(F)c(CN[C@@H](CO)C(C)C)n2)c1. The highest BCUT2D eigenvalue weighted by Gasteiger charge is 2.15. The van der Waals surface area contributed by atoms with Crippen LogP contribution in [0.25, 0.3) is 11.3 Å². The molecule has 0 radical (unpaired) electrons. The van der Waals surface area contributed by atoms with Crippen LogP contribution in [0.2, 0.25) is 0 Å². The lowest BCUT2D eigenvalue weighted by Gasteiger charge is -2.20. The molecule has 0 unspecified atom stereocenters. The molecule has 0 aliphatic heterocycles. The molecule has 0 saturated heterocycles. The van der Waals surface area contributed by atoms with E-state index < -0.39 is 0 Å². The van der Waals surface area contributed by atoms with E-state index in [4.69, 9.17) is 4.74 Å². The molecule has 1 aromatic heterocycles. The van der Waals surface area contributed by atoms with Crippen LogP contribution in [0.4, 0.5) is 4.39 Å². The van der Waals surface area contributed by atoms with Gasteiger partial charge in [0.05, 0.1) is 24.6 Å². The number of pyridine rings is 1. The van der Waals surface area contributed by atoms with Crippen LogP contribution in [0, 0.1) is 24.6 Å². The highest BCUT2D eigenvalue weighted by molar-refractivity contribution is 5.68. The monoisotopic (exact) mass is 374 g/mol. The predicted octanol–water partition coefficient (Wildman–Crippen LogP) is 4.34. The van der Waals surface area contributed by atoms with Gasteiger partial charge in [0.15, 0.2) is 0 Å². The minimum Gasteiger partial charge on any atom is -0.493 e. The highest BCUT2D eigenvalue weighted by Crippen LogP contribution is 2.30. The average Bonchev–Trinajstić information content (AvgIpc) is 2.62. The zero-order chi connectivity index (χ0) is 20.0. The molecule has 2 rings (SSSR count). The number of hydrogen-bond donors (Lipinski definition) is 2. The van der Waals surface area contributed by atoms with Crippen LogP contribution >= 0.6 is 0 Å². The van der Waals surface area contributed by atoms with Gasteiger partial charge in [0.2, 0.25) is 0 Å². The number of aliphatic hydroxyl groups is 1. The molecule has 148 valence electrons. The second-order valence-electron chi connectivity index (χ2n) is 7.74. The van der Waals surface area contributed by atoms with Gasteiger partial charge in [0.1, 0.15) is 11.6 Å². The summed E-state index contributed by atoms with van der Waals surface area (Å²) in [6, 6.07) is 8.98. The van der Waals surface area contributed by atoms with Crippen molar-refractivity contribution in [2.45, 2.75) is 47.2 Å². The largest absolute Gasteiger partial charge is 0.493 e. The molecule has 2 aromatic rings. The zero-order valence-electron chi connectivity index (χ0n) is 16.9. The van der Waals surface area contributed by atoms with Gasteiger partial charge in [-0.05, 0) is 43.0 Å². The first-order valence-electron chi connectivity index (χ1n) is 9.55. The zero-order valence-corrected chi connectivity index (χ0v) is 16.9. The van der Waals surface area contributed by atoms with Gasteiger partial charge in [-0.15, -0.1) is 0 Å². The molecule has 27 heavy (non-hydrogen) atoms. The number of nitrogens with one attached hydrogen (secondary N) is 1. The fourth-order valence-electron chi connectivity index (χ4n) is 2.72. The molecule has 1 atom stereocenters. The third kappa shape index (κ3) is 6.01. The van der Waals surface area contributed by atoms with Gasteiger partial charge in [-0.25, -0.2) is 9.37 Å². The van der Waals surface area contributed by atoms with E-state index >= 15 is 0 Å². The number of halogens is 1. The minimum absolute atomic E-state index is 0.00401. The highest BCUT2D eigenvalue weighted by atomic mass is 19.1. The summed E-state index contributed by atoms with van der Waals surface area (Å²) in [6.45, 7) is 11.1. The number of ether oxygens (including phenoxy) is 1. The molecule has 1 aromatic carbocycles. The summed E-state index contributed by atoms with van der Waals surface area (Å²) in [5.41, 5.74) is 2.97. The number of benzene rings is 1. The van der Waals surface area contributed by atoms with Crippen LogP contribution in [0.15, 0.2) is 30.3 Å². The summed E-state index contributed by atoms with van der Waals surface area (Å²) in [7, 11) is 0. The van der Waals surface area contributed by atoms with Crippen molar-refractivity contribution in [3.63, 3.8) is 0 Å². The van der Waals surface area contributed by atoms with Gasteiger partial charge in [-0.3, -0.25) is 0 Å². The van der Waals surface area contributed by atoms with E-state index in [0.717, 1.165) is 16.9 Å². The van der Waals surface area contributed by atoms with Gasteiger partial charge >= 0.3 is 0 Å². The first-order chi connectivity index (χ1) is 12.8. The normalized spacial score (nSPS) is 12.6. The van der Waals surface area contributed by atoms with Crippen LogP contribution in [-0.4, -0.2) is 29.3 Å². The Kier molecular flexibility index (Phi) is 7.75. The third-order valence-corrected chi connectivity index (χ3v) is 4.43. The molecule has 0 saturated carbocycles. The molecule has 0 aliphatic rings. The molecular formula is C22H31FN2O2. The molecule has 0 fully saturated rings. The lowest BCUT2D eigenvalue weighted by atomic mass is 10.0. The number of aliphatic hydroxyl groups excluding tert-OH is 1. The summed E-state index contributed by atoms with van der Waals surface area (Å²) < 4.78 is 20.2. The number of aromatic nitrogens is 1. The van der Waals surface area contributed by atoms with Crippen molar-refractivity contribution in [3.05, 3.63) is 47.4 Å². The fraction of sp³-hybridized carbons (Fsp3) is 0.500. The van der Waals surface area contributed by atoms with Crippen LogP contribution in [0.3, 0.4) is 0 Å². The van der Waals surface area contributed by atoms with Gasteiger partial charge < -0.3 is 15.2 Å². The van der Waals surface area contributed by atoms with Gasteiger partial charge in [-0.1, -0.05) is 39.3 Å². The Morgan fingerprint density at radius 3 is 2.52 bits per heavy atom. The van der Waals surface area contributed by atoms with Gasteiger partial charge in [0.25, 0.3) is 0 Å². The number of aryl methyl sites for hydroxylation is 1. The van der Waals surface area contributed by atoms with E-state index in [9.17, 15) is 9.50 Å². The molecule has 0 aliphatic carbocycles. The van der Waals surface area contributed by atoms with Crippen LogP contribution in [0.5, 0.6) is 5.75 Å². The molecule has 2 N–H and O–H groups in total. The summed E-state index contributed by atoms with van der Waals surface area (Å²) in [4.78, 5) is 4.54. The van der Waals surface area contributed by atoms with E-state index in [0.29, 0.717) is 23.9 Å². The van der Waals surface area contributed by atoms with Crippen molar-refractivity contribution in [1.82, 2.24) is 10.3 Å². The van der Waals surface area contributed by atoms with Crippen LogP contribution < -0.4 is 10.1 Å². The maximum Gasteiger partial charge on any atom is 0.146 e. The summed E-state index contributed by atoms with van der Waals surface area (Å²) in [6.07, 6.45) is 0. The third-order valence-electron chi connectivity index (χ3n) is 4.43. The quantitative estimate of drug-likeness (QED) is 0.686. The second kappa shape index (κ2) is 9.81. The van der Waals surface area contributed by atoms with E-state index in [1.165, 1.54) is 6.07 Å². The van der Waals surface area contributed by atoms with E-state index in [1.54, 1.807) is 6.07 Å². The Bertz CT molecular complexity index is 747. The van der Waals surface area contributed by atoms with Crippen molar-refractivity contribution in [2.24, 2.45) is 11.8 Å². The summed E-state index contributed by atoms with van der Waals surface area (Å²) in [5.74, 6) is 1.05. The molecule has 4 nitrogen and oxygen atoms in total. The predicted molar refractivity (Wildman–Crippen MR) is 107 cm³/mol. The number of hydrogen-bond acceptors (Lipinski definition) is 4. The Labute approximate surface area is 161 Å². The van der Waals surface area contributed by atoms with E-state index in [-0.39, 0.29) is 30.9 Å². The average molecular weight is 375 g/mol. The lowest BCUT2D eigenvalue weighted by molar-refractivity contribution is 0.209. The number of rotatable bonds is 9. The second-order valence-corrected chi connectivity index (χ2v) is 7.74. The Hall–Kier alpha value is -1.98. The minimum atomic E-state index is -0.357. The summed E-state index contributed by atoms with van der Waals surface area (Å²) in [5, 5.41) is 12.6. The van der Waals surface area contributed by atoms with Crippen molar-refractivity contribution >= 4 is 0 Å². The Morgan fingerprint density at radius 2 is 1.89 bits per heavy atom. The Morgan fingerprint density at radius 1 is 1.15 bits per heavy atom. The van der Waals surface area contributed by atoms with Crippen molar-refractivity contribution in [3.8, 4) is 17.0 Å². The topological polar surface area (TPSA) is 54.4 Å². The lowest BCUT2D eigenvalue weighted by Crippen LogP contribution is -2.36. The molecule has 0 amide bonds. The number of nitrogens with zero attached hydrogens (tertiary/aromatic N) is 1. The standard InChI is InChI=1S/C22H31FN2O2/c1-14(2)13-27-22-9-6-16(5)10-17(22)19-8-7-18(23)20(25-19)11-24-21(12-26)15(3)4/h6-10,14-15,21,24,26H,11-13H2,1-5H3/t21-/m0/s1. The van der Waals surface area contributed by atoms with Gasteiger partial charge in [0, 0.05) is 18.2 Å². The van der Waals surface area contributed by atoms with Crippen LogP contribution in [0.1, 0.15) is 39.0 Å². The van der Waals surface area contributed by atoms with Crippen molar-refractivity contribution in [2.75, 3.05) is 13.2 Å². The first-order valence-corrected chi connectivity index (χ1v) is 9.55. The maximum atomic E-state index is 14.3. The summed E-state index contributed by atoms with van der Waals surface area (Å²) >= 11 is 0. The van der Waals surface area contributed by atoms with E-state index in [1.807, 2.05) is 39.0 Å². The van der Waals surface area contributed by atoms with Gasteiger partial charge in [-0.2, -0.15) is 0 Å². The smallest absolute Gasteiger partial charge is 0.146 e. The van der Waals surface area contributed by atoms with Crippen LogP contribution in [-0.2, 0) is 6.54 Å². The Balaban J connectivity index is 2.30. The molecule has 0 bridgehead atoms. The maximum absolute atomic E-state index is 14.3. The van der Waals surface area contributed by atoms with E-state index in [2.05, 4.69) is 24.1 Å². The molecule has 1 heterocycles. The molecule has 5 heteroatoms. The molecular weight excluding hydrogens is 343 g/mol.